The number of urea groups is 1. The third kappa shape index (κ3) is 4.06. The van der Waals surface area contributed by atoms with Gasteiger partial charge in [0.2, 0.25) is 0 Å². The van der Waals surface area contributed by atoms with Gasteiger partial charge in [0.15, 0.2) is 0 Å². The second-order valence-corrected chi connectivity index (χ2v) is 6.78. The highest BCUT2D eigenvalue weighted by Crippen LogP contribution is 2.34. The Bertz CT molecular complexity index is 1330. The van der Waals surface area contributed by atoms with E-state index in [1.165, 1.54) is 49.6 Å². The first-order chi connectivity index (χ1) is 15.8. The average molecular weight is 451 g/mol. The predicted octanol–water partition coefficient (Wildman–Crippen LogP) is 3.67. The van der Waals surface area contributed by atoms with Gasteiger partial charge in [-0.1, -0.05) is 0 Å². The first-order valence-corrected chi connectivity index (χ1v) is 9.38. The minimum absolute atomic E-state index is 0.0435. The van der Waals surface area contributed by atoms with Gasteiger partial charge in [0.25, 0.3) is 17.5 Å². The maximum absolute atomic E-state index is 13.2. The largest absolute Gasteiger partial charge is 0.497 e. The number of carbonyl (C=O) groups is 3. The van der Waals surface area contributed by atoms with Gasteiger partial charge in [0, 0.05) is 0 Å². The lowest BCUT2D eigenvalue weighted by Crippen LogP contribution is -2.54. The standard InChI is InChI=1S/C22H14FN3O7/c1-32-14-6-8-16(18(11-14)26(30)31)19-9-7-15(33-19)10-17-20(27)24-22(29)25(21(17)28)13-4-2-12(23)3-5-13/h2-11H,1H3,(H,24,27,29). The number of nitrogens with zero attached hydrogens (tertiary/aromatic N) is 2. The van der Waals surface area contributed by atoms with Gasteiger partial charge < -0.3 is 9.15 Å². The van der Waals surface area contributed by atoms with Crippen LogP contribution >= 0.6 is 0 Å². The summed E-state index contributed by atoms with van der Waals surface area (Å²) < 4.78 is 23.8. The molecule has 1 fully saturated rings. The van der Waals surface area contributed by atoms with Crippen molar-refractivity contribution >= 4 is 35.3 Å². The minimum atomic E-state index is -0.984. The average Bonchev–Trinajstić information content (AvgIpc) is 3.26. The number of imide groups is 2. The molecule has 1 saturated heterocycles. The Morgan fingerprint density at radius 2 is 1.82 bits per heavy atom. The van der Waals surface area contributed by atoms with E-state index in [2.05, 4.69) is 0 Å². The molecule has 0 radical (unpaired) electrons. The van der Waals surface area contributed by atoms with Crippen LogP contribution in [0.25, 0.3) is 17.4 Å². The SMILES string of the molecule is COc1ccc(-c2ccc(C=C3C(=O)NC(=O)N(c4ccc(F)cc4)C3=O)o2)c([N+](=O)[O-])c1. The number of hydrogen-bond acceptors (Lipinski definition) is 7. The molecule has 0 bridgehead atoms. The summed E-state index contributed by atoms with van der Waals surface area (Å²) in [7, 11) is 1.38. The monoisotopic (exact) mass is 451 g/mol. The Morgan fingerprint density at radius 1 is 1.09 bits per heavy atom. The number of ether oxygens (including phenoxy) is 1. The van der Waals surface area contributed by atoms with Crippen molar-refractivity contribution in [3.05, 3.63) is 81.9 Å². The summed E-state index contributed by atoms with van der Waals surface area (Å²) in [6.07, 6.45) is 1.11. The first-order valence-electron chi connectivity index (χ1n) is 9.38. The third-order valence-electron chi connectivity index (χ3n) is 4.77. The van der Waals surface area contributed by atoms with Crippen LogP contribution < -0.4 is 15.0 Å². The van der Waals surface area contributed by atoms with Crippen molar-refractivity contribution in [3.8, 4) is 17.1 Å². The van der Waals surface area contributed by atoms with Gasteiger partial charge in [-0.05, 0) is 54.6 Å². The molecule has 1 N–H and O–H groups in total. The second-order valence-electron chi connectivity index (χ2n) is 6.78. The molecule has 0 atom stereocenters. The van der Waals surface area contributed by atoms with Gasteiger partial charge in [-0.2, -0.15) is 0 Å². The molecule has 1 aliphatic rings. The van der Waals surface area contributed by atoms with Crippen LogP contribution in [-0.2, 0) is 9.59 Å². The summed E-state index contributed by atoms with van der Waals surface area (Å²) in [5.41, 5.74) is -0.453. The van der Waals surface area contributed by atoms with Crippen LogP contribution in [0.1, 0.15) is 5.76 Å². The quantitative estimate of drug-likeness (QED) is 0.271. The summed E-state index contributed by atoms with van der Waals surface area (Å²) >= 11 is 0. The zero-order valence-corrected chi connectivity index (χ0v) is 16.9. The van der Waals surface area contributed by atoms with E-state index in [0.717, 1.165) is 18.2 Å². The molecule has 0 saturated carbocycles. The molecule has 0 aliphatic carbocycles. The Morgan fingerprint density at radius 3 is 2.48 bits per heavy atom. The number of carbonyl (C=O) groups excluding carboxylic acids is 3. The molecule has 10 nitrogen and oxygen atoms in total. The Labute approximate surface area is 185 Å². The number of furan rings is 1. The first kappa shape index (κ1) is 21.4. The number of nitro benzene ring substituents is 1. The molecule has 11 heteroatoms. The zero-order valence-electron chi connectivity index (χ0n) is 16.9. The summed E-state index contributed by atoms with van der Waals surface area (Å²) in [4.78, 5) is 48.9. The Balaban J connectivity index is 1.69. The lowest BCUT2D eigenvalue weighted by molar-refractivity contribution is -0.384. The number of anilines is 1. The number of amides is 4. The van der Waals surface area contributed by atoms with Crippen molar-refractivity contribution < 1.29 is 32.9 Å². The molecule has 1 aromatic heterocycles. The van der Waals surface area contributed by atoms with E-state index in [4.69, 9.17) is 9.15 Å². The smallest absolute Gasteiger partial charge is 0.335 e. The summed E-state index contributed by atoms with van der Waals surface area (Å²) in [5.74, 6) is -2.01. The van der Waals surface area contributed by atoms with Gasteiger partial charge in [0.1, 0.15) is 28.7 Å². The van der Waals surface area contributed by atoms with Crippen LogP contribution in [0, 0.1) is 15.9 Å². The van der Waals surface area contributed by atoms with Crippen molar-refractivity contribution in [2.75, 3.05) is 12.0 Å². The number of rotatable bonds is 5. The third-order valence-corrected chi connectivity index (χ3v) is 4.77. The fourth-order valence-electron chi connectivity index (χ4n) is 3.20. The molecule has 1 aliphatic heterocycles. The molecule has 2 aromatic carbocycles. The van der Waals surface area contributed by atoms with Crippen molar-refractivity contribution in [3.63, 3.8) is 0 Å². The molecule has 2 heterocycles. The van der Waals surface area contributed by atoms with E-state index in [9.17, 15) is 28.9 Å². The molecule has 166 valence electrons. The topological polar surface area (TPSA) is 132 Å². The summed E-state index contributed by atoms with van der Waals surface area (Å²) in [6, 6.07) is 10.6. The van der Waals surface area contributed by atoms with Crippen molar-refractivity contribution in [1.82, 2.24) is 5.32 Å². The van der Waals surface area contributed by atoms with Crippen LogP contribution in [0.2, 0.25) is 0 Å². The molecular weight excluding hydrogens is 437 g/mol. The molecule has 3 aromatic rings. The van der Waals surface area contributed by atoms with Crippen LogP contribution in [-0.4, -0.2) is 29.9 Å². The number of benzene rings is 2. The highest BCUT2D eigenvalue weighted by Gasteiger charge is 2.37. The number of nitrogens with one attached hydrogen (secondary N) is 1. The zero-order chi connectivity index (χ0) is 23.7. The fourth-order valence-corrected chi connectivity index (χ4v) is 3.20. The van der Waals surface area contributed by atoms with Crippen LogP contribution in [0.5, 0.6) is 5.75 Å². The van der Waals surface area contributed by atoms with Crippen LogP contribution in [0.3, 0.4) is 0 Å². The number of barbiturate groups is 1. The van der Waals surface area contributed by atoms with E-state index in [-0.39, 0.29) is 34.2 Å². The minimum Gasteiger partial charge on any atom is -0.497 e. The van der Waals surface area contributed by atoms with E-state index in [1.807, 2.05) is 5.32 Å². The lowest BCUT2D eigenvalue weighted by Gasteiger charge is -2.26. The molecule has 4 amide bonds. The molecule has 0 unspecified atom stereocenters. The van der Waals surface area contributed by atoms with E-state index in [1.54, 1.807) is 0 Å². The van der Waals surface area contributed by atoms with Crippen LogP contribution in [0.4, 0.5) is 20.6 Å². The van der Waals surface area contributed by atoms with Gasteiger partial charge in [-0.25, -0.2) is 14.1 Å². The van der Waals surface area contributed by atoms with Crippen molar-refractivity contribution in [1.29, 1.82) is 0 Å². The Hall–Kier alpha value is -4.80. The maximum Gasteiger partial charge on any atom is 0.335 e. The number of nitro groups is 1. The Kier molecular flexibility index (Phi) is 5.44. The molecule has 33 heavy (non-hydrogen) atoms. The van der Waals surface area contributed by atoms with E-state index >= 15 is 0 Å². The maximum atomic E-state index is 13.2. The van der Waals surface area contributed by atoms with Gasteiger partial charge >= 0.3 is 6.03 Å². The normalized spacial score (nSPS) is 15.0. The summed E-state index contributed by atoms with van der Waals surface area (Å²) in [6.45, 7) is 0. The molecule has 0 spiro atoms. The summed E-state index contributed by atoms with van der Waals surface area (Å²) in [5, 5.41) is 13.5. The molecular formula is C22H14FN3O7. The fraction of sp³-hybridized carbons (Fsp3) is 0.0455. The van der Waals surface area contributed by atoms with E-state index < -0.39 is 34.2 Å². The number of halogens is 1. The second kappa shape index (κ2) is 8.38. The lowest BCUT2D eigenvalue weighted by atomic mass is 10.1. The highest BCUT2D eigenvalue weighted by atomic mass is 19.1. The van der Waals surface area contributed by atoms with Crippen LogP contribution in [0.15, 0.2) is 64.6 Å². The molecule has 4 rings (SSSR count). The van der Waals surface area contributed by atoms with Gasteiger partial charge in [-0.15, -0.1) is 0 Å². The highest BCUT2D eigenvalue weighted by molar-refractivity contribution is 6.39. The predicted molar refractivity (Wildman–Crippen MR) is 113 cm³/mol. The van der Waals surface area contributed by atoms with E-state index in [0.29, 0.717) is 4.90 Å². The van der Waals surface area contributed by atoms with Crippen molar-refractivity contribution in [2.45, 2.75) is 0 Å². The number of methoxy groups -OCH3 is 1. The van der Waals surface area contributed by atoms with Gasteiger partial charge in [-0.3, -0.25) is 25.0 Å². The number of hydrogen-bond donors (Lipinski definition) is 1. The van der Waals surface area contributed by atoms with Gasteiger partial charge in [0.05, 0.1) is 29.4 Å². The van der Waals surface area contributed by atoms with Crippen molar-refractivity contribution in [2.24, 2.45) is 0 Å².